The number of fused-ring (bicyclic) bond motifs is 1. The summed E-state index contributed by atoms with van der Waals surface area (Å²) in [7, 11) is 0. The SMILES string of the molecule is C=CCn1c(=NC(=O)c2ccccc2C)sc2cc(NC(C)=O)ccc21. The van der Waals surface area contributed by atoms with Crippen LogP contribution in [0, 0.1) is 6.92 Å². The Labute approximate surface area is 155 Å². The highest BCUT2D eigenvalue weighted by Gasteiger charge is 2.11. The van der Waals surface area contributed by atoms with Gasteiger partial charge in [0.25, 0.3) is 5.91 Å². The van der Waals surface area contributed by atoms with Crippen LogP contribution in [0.15, 0.2) is 60.1 Å². The summed E-state index contributed by atoms with van der Waals surface area (Å²) in [6.07, 6.45) is 1.77. The van der Waals surface area contributed by atoms with E-state index in [4.69, 9.17) is 0 Å². The van der Waals surface area contributed by atoms with Gasteiger partial charge in [0.2, 0.25) is 5.91 Å². The maximum absolute atomic E-state index is 12.6. The Balaban J connectivity index is 2.13. The molecule has 0 radical (unpaired) electrons. The molecule has 3 aromatic rings. The number of amides is 2. The highest BCUT2D eigenvalue weighted by Crippen LogP contribution is 2.22. The van der Waals surface area contributed by atoms with Crippen LogP contribution < -0.4 is 10.1 Å². The minimum atomic E-state index is -0.269. The summed E-state index contributed by atoms with van der Waals surface area (Å²) in [6.45, 7) is 7.70. The van der Waals surface area contributed by atoms with Crippen molar-refractivity contribution in [1.82, 2.24) is 4.57 Å². The number of carbonyl (C=O) groups excluding carboxylic acids is 2. The quantitative estimate of drug-likeness (QED) is 0.713. The first kappa shape index (κ1) is 17.8. The fraction of sp³-hybridized carbons (Fsp3) is 0.150. The molecule has 6 heteroatoms. The van der Waals surface area contributed by atoms with Crippen LogP contribution >= 0.6 is 11.3 Å². The Bertz CT molecular complexity index is 1080. The van der Waals surface area contributed by atoms with Crippen LogP contribution in [0.5, 0.6) is 0 Å². The number of hydrogen-bond donors (Lipinski definition) is 1. The van der Waals surface area contributed by atoms with Gasteiger partial charge in [0.05, 0.1) is 10.2 Å². The smallest absolute Gasteiger partial charge is 0.279 e. The number of nitrogens with zero attached hydrogens (tertiary/aromatic N) is 2. The topological polar surface area (TPSA) is 63.5 Å². The number of anilines is 1. The van der Waals surface area contributed by atoms with Gasteiger partial charge in [-0.05, 0) is 36.8 Å². The second-order valence-electron chi connectivity index (χ2n) is 5.88. The third-order valence-electron chi connectivity index (χ3n) is 3.89. The number of carbonyl (C=O) groups is 2. The summed E-state index contributed by atoms with van der Waals surface area (Å²) in [6, 6.07) is 13.0. The van der Waals surface area contributed by atoms with E-state index in [1.807, 2.05) is 47.9 Å². The third-order valence-corrected chi connectivity index (χ3v) is 4.93. The molecule has 2 aromatic carbocycles. The van der Waals surface area contributed by atoms with Crippen molar-refractivity contribution in [3.63, 3.8) is 0 Å². The van der Waals surface area contributed by atoms with Gasteiger partial charge in [0, 0.05) is 24.7 Å². The van der Waals surface area contributed by atoms with E-state index >= 15 is 0 Å². The molecule has 0 saturated heterocycles. The molecule has 0 aliphatic heterocycles. The van der Waals surface area contributed by atoms with Gasteiger partial charge in [-0.15, -0.1) is 6.58 Å². The van der Waals surface area contributed by atoms with Crippen molar-refractivity contribution < 1.29 is 9.59 Å². The fourth-order valence-electron chi connectivity index (χ4n) is 2.71. The van der Waals surface area contributed by atoms with Crippen molar-refractivity contribution in [3.05, 3.63) is 71.0 Å². The zero-order valence-corrected chi connectivity index (χ0v) is 15.5. The predicted octanol–water partition coefficient (Wildman–Crippen LogP) is 3.90. The van der Waals surface area contributed by atoms with Crippen molar-refractivity contribution >= 4 is 39.1 Å². The van der Waals surface area contributed by atoms with Gasteiger partial charge in [-0.3, -0.25) is 9.59 Å². The Kier molecular flexibility index (Phi) is 5.14. The Morgan fingerprint density at radius 2 is 2.04 bits per heavy atom. The predicted molar refractivity (Wildman–Crippen MR) is 105 cm³/mol. The van der Waals surface area contributed by atoms with Gasteiger partial charge in [0.1, 0.15) is 0 Å². The van der Waals surface area contributed by atoms with E-state index < -0.39 is 0 Å². The second kappa shape index (κ2) is 7.49. The largest absolute Gasteiger partial charge is 0.326 e. The standard InChI is InChI=1S/C20H19N3O2S/c1-4-11-23-17-10-9-15(21-14(3)24)12-18(17)26-20(23)22-19(25)16-8-6-5-7-13(16)2/h4-10,12H,1,11H2,2-3H3,(H,21,24). The van der Waals surface area contributed by atoms with E-state index in [2.05, 4.69) is 16.9 Å². The summed E-state index contributed by atoms with van der Waals surface area (Å²) >= 11 is 1.41. The first-order chi connectivity index (χ1) is 12.5. The molecule has 0 aliphatic rings. The Hall–Kier alpha value is -2.99. The summed E-state index contributed by atoms with van der Waals surface area (Å²) in [5.41, 5.74) is 3.15. The molecule has 0 fully saturated rings. The number of nitrogens with one attached hydrogen (secondary N) is 1. The van der Waals surface area contributed by atoms with Gasteiger partial charge in [0.15, 0.2) is 4.80 Å². The summed E-state index contributed by atoms with van der Waals surface area (Å²) in [5, 5.41) is 2.77. The molecule has 132 valence electrons. The minimum absolute atomic E-state index is 0.125. The van der Waals surface area contributed by atoms with E-state index in [9.17, 15) is 9.59 Å². The van der Waals surface area contributed by atoms with Crippen molar-refractivity contribution in [2.24, 2.45) is 4.99 Å². The molecule has 0 aliphatic carbocycles. The van der Waals surface area contributed by atoms with Crippen molar-refractivity contribution in [3.8, 4) is 0 Å². The van der Waals surface area contributed by atoms with Crippen LogP contribution in [0.2, 0.25) is 0 Å². The fourth-order valence-corrected chi connectivity index (χ4v) is 3.78. The van der Waals surface area contributed by atoms with E-state index in [1.54, 1.807) is 12.1 Å². The molecular weight excluding hydrogens is 346 g/mol. The molecular formula is C20H19N3O2S. The van der Waals surface area contributed by atoms with E-state index in [-0.39, 0.29) is 11.8 Å². The molecule has 0 saturated carbocycles. The van der Waals surface area contributed by atoms with E-state index in [0.29, 0.717) is 22.6 Å². The lowest BCUT2D eigenvalue weighted by atomic mass is 10.1. The van der Waals surface area contributed by atoms with Crippen LogP contribution in [-0.4, -0.2) is 16.4 Å². The molecule has 1 N–H and O–H groups in total. The molecule has 3 rings (SSSR count). The first-order valence-corrected chi connectivity index (χ1v) is 8.98. The molecule has 0 bridgehead atoms. The van der Waals surface area contributed by atoms with Crippen molar-refractivity contribution in [2.45, 2.75) is 20.4 Å². The third kappa shape index (κ3) is 3.65. The molecule has 26 heavy (non-hydrogen) atoms. The lowest BCUT2D eigenvalue weighted by molar-refractivity contribution is -0.114. The molecule has 2 amide bonds. The van der Waals surface area contributed by atoms with Crippen LogP contribution in [0.25, 0.3) is 10.2 Å². The van der Waals surface area contributed by atoms with Crippen LogP contribution in [0.4, 0.5) is 5.69 Å². The van der Waals surface area contributed by atoms with E-state index in [0.717, 1.165) is 15.8 Å². The van der Waals surface area contributed by atoms with Crippen molar-refractivity contribution in [2.75, 3.05) is 5.32 Å². The number of thiazole rings is 1. The molecule has 0 spiro atoms. The summed E-state index contributed by atoms with van der Waals surface area (Å²) in [5.74, 6) is -0.394. The van der Waals surface area contributed by atoms with Crippen LogP contribution in [-0.2, 0) is 11.3 Å². The molecule has 5 nitrogen and oxygen atoms in total. The maximum Gasteiger partial charge on any atom is 0.279 e. The molecule has 0 unspecified atom stereocenters. The normalized spacial score (nSPS) is 11.5. The number of rotatable bonds is 4. The van der Waals surface area contributed by atoms with Crippen LogP contribution in [0.1, 0.15) is 22.8 Å². The zero-order chi connectivity index (χ0) is 18.7. The lowest BCUT2D eigenvalue weighted by Gasteiger charge is -2.04. The highest BCUT2D eigenvalue weighted by molar-refractivity contribution is 7.16. The van der Waals surface area contributed by atoms with Gasteiger partial charge in [-0.2, -0.15) is 4.99 Å². The van der Waals surface area contributed by atoms with Gasteiger partial charge < -0.3 is 9.88 Å². The Morgan fingerprint density at radius 3 is 2.73 bits per heavy atom. The average molecular weight is 365 g/mol. The van der Waals surface area contributed by atoms with Crippen molar-refractivity contribution in [1.29, 1.82) is 0 Å². The number of aromatic nitrogens is 1. The molecule has 1 aromatic heterocycles. The Morgan fingerprint density at radius 1 is 1.27 bits per heavy atom. The molecule has 0 atom stereocenters. The number of benzene rings is 2. The van der Waals surface area contributed by atoms with Gasteiger partial charge in [-0.25, -0.2) is 0 Å². The van der Waals surface area contributed by atoms with Crippen LogP contribution in [0.3, 0.4) is 0 Å². The van der Waals surface area contributed by atoms with E-state index in [1.165, 1.54) is 18.3 Å². The van der Waals surface area contributed by atoms with Gasteiger partial charge >= 0.3 is 0 Å². The highest BCUT2D eigenvalue weighted by atomic mass is 32.1. The minimum Gasteiger partial charge on any atom is -0.326 e. The lowest BCUT2D eigenvalue weighted by Crippen LogP contribution is -2.16. The zero-order valence-electron chi connectivity index (χ0n) is 14.7. The monoisotopic (exact) mass is 365 g/mol. The number of hydrogen-bond acceptors (Lipinski definition) is 3. The average Bonchev–Trinajstić information content (AvgIpc) is 2.91. The second-order valence-corrected chi connectivity index (χ2v) is 6.89. The van der Waals surface area contributed by atoms with Gasteiger partial charge in [-0.1, -0.05) is 35.6 Å². The number of allylic oxidation sites excluding steroid dienone is 1. The summed E-state index contributed by atoms with van der Waals surface area (Å²) < 4.78 is 2.88. The maximum atomic E-state index is 12.6. The number of aryl methyl sites for hydroxylation is 1. The molecule has 1 heterocycles. The first-order valence-electron chi connectivity index (χ1n) is 8.16. The summed E-state index contributed by atoms with van der Waals surface area (Å²) in [4.78, 5) is 28.8.